The fourth-order valence-corrected chi connectivity index (χ4v) is 2.24. The van der Waals surface area contributed by atoms with Gasteiger partial charge in [0.05, 0.1) is 18.2 Å². The Balaban J connectivity index is 2.57. The lowest BCUT2D eigenvalue weighted by atomic mass is 9.72. The number of aromatic hydroxyl groups is 1. The highest BCUT2D eigenvalue weighted by molar-refractivity contribution is 5.56. The van der Waals surface area contributed by atoms with Gasteiger partial charge in [-0.2, -0.15) is 10.3 Å². The average molecular weight is 244 g/mol. The van der Waals surface area contributed by atoms with Crippen molar-refractivity contribution in [1.82, 2.24) is 0 Å². The minimum absolute atomic E-state index is 0.112. The number of nitriles is 1. The first kappa shape index (κ1) is 12.2. The maximum absolute atomic E-state index is 10.5. The molecule has 1 aromatic carbocycles. The predicted molar refractivity (Wildman–Crippen MR) is 63.0 cm³/mol. The van der Waals surface area contributed by atoms with Gasteiger partial charge in [0.2, 0.25) is 6.08 Å². The van der Waals surface area contributed by atoms with E-state index in [9.17, 15) is 9.90 Å². The highest BCUT2D eigenvalue weighted by Crippen LogP contribution is 2.47. The number of aliphatic imine (C=N–C) groups is 1. The van der Waals surface area contributed by atoms with Crippen molar-refractivity contribution in [2.24, 2.45) is 4.99 Å². The summed E-state index contributed by atoms with van der Waals surface area (Å²) in [5.74, 6) is 0.0322. The van der Waals surface area contributed by atoms with Gasteiger partial charge in [-0.05, 0) is 37.0 Å². The third-order valence-electron chi connectivity index (χ3n) is 3.37. The van der Waals surface area contributed by atoms with Gasteiger partial charge in [-0.15, -0.1) is 0 Å². The Labute approximate surface area is 104 Å². The van der Waals surface area contributed by atoms with Crippen molar-refractivity contribution in [2.45, 2.75) is 24.8 Å². The standard InChI is InChI=1S/C13H12N2O3/c1-18-12-9(7-14)5-10(6-11(12)17)13(15-8-16)3-2-4-13/h5-6,17H,2-4H2,1H3. The lowest BCUT2D eigenvalue weighted by Gasteiger charge is -2.37. The van der Waals surface area contributed by atoms with Gasteiger partial charge in [-0.3, -0.25) is 0 Å². The summed E-state index contributed by atoms with van der Waals surface area (Å²) in [6.07, 6.45) is 3.97. The first-order valence-electron chi connectivity index (χ1n) is 5.57. The van der Waals surface area contributed by atoms with Crippen molar-refractivity contribution in [1.29, 1.82) is 5.26 Å². The molecule has 1 aromatic rings. The summed E-state index contributed by atoms with van der Waals surface area (Å²) in [4.78, 5) is 14.3. The Morgan fingerprint density at radius 2 is 2.22 bits per heavy atom. The molecule has 1 saturated carbocycles. The molecule has 0 aromatic heterocycles. The maximum Gasteiger partial charge on any atom is 0.235 e. The quantitative estimate of drug-likeness (QED) is 0.651. The molecular formula is C13H12N2O3. The van der Waals surface area contributed by atoms with E-state index in [-0.39, 0.29) is 17.1 Å². The number of methoxy groups -OCH3 is 1. The number of hydrogen-bond donors (Lipinski definition) is 1. The van der Waals surface area contributed by atoms with E-state index in [2.05, 4.69) is 4.99 Å². The summed E-state index contributed by atoms with van der Waals surface area (Å²) >= 11 is 0. The molecule has 1 aliphatic carbocycles. The zero-order chi connectivity index (χ0) is 13.2. The number of ether oxygens (including phenoxy) is 1. The fraction of sp³-hybridized carbons (Fsp3) is 0.385. The highest BCUT2D eigenvalue weighted by atomic mass is 16.5. The number of rotatable bonds is 3. The maximum atomic E-state index is 10.5. The molecule has 0 heterocycles. The molecule has 5 nitrogen and oxygen atoms in total. The lowest BCUT2D eigenvalue weighted by Crippen LogP contribution is -2.31. The van der Waals surface area contributed by atoms with Crippen molar-refractivity contribution in [3.63, 3.8) is 0 Å². The van der Waals surface area contributed by atoms with Crippen LogP contribution in [0.3, 0.4) is 0 Å². The van der Waals surface area contributed by atoms with Crippen LogP contribution in [0.5, 0.6) is 11.5 Å². The van der Waals surface area contributed by atoms with Gasteiger partial charge in [-0.25, -0.2) is 4.79 Å². The molecule has 0 bridgehead atoms. The number of benzene rings is 1. The number of hydrogen-bond acceptors (Lipinski definition) is 5. The van der Waals surface area contributed by atoms with Crippen molar-refractivity contribution >= 4 is 6.08 Å². The average Bonchev–Trinajstić information content (AvgIpc) is 2.32. The number of phenols is 1. The van der Waals surface area contributed by atoms with E-state index >= 15 is 0 Å². The van der Waals surface area contributed by atoms with Crippen molar-refractivity contribution < 1.29 is 14.6 Å². The van der Waals surface area contributed by atoms with Crippen LogP contribution in [0.2, 0.25) is 0 Å². The molecule has 18 heavy (non-hydrogen) atoms. The molecule has 0 atom stereocenters. The number of phenolic OH excluding ortho intramolecular Hbond substituents is 1. The first-order chi connectivity index (χ1) is 8.66. The van der Waals surface area contributed by atoms with Gasteiger partial charge < -0.3 is 9.84 Å². The van der Waals surface area contributed by atoms with E-state index in [1.807, 2.05) is 6.07 Å². The summed E-state index contributed by atoms with van der Waals surface area (Å²) in [6.45, 7) is 0. The number of isocyanates is 1. The van der Waals surface area contributed by atoms with E-state index in [4.69, 9.17) is 10.00 Å². The van der Waals surface area contributed by atoms with Crippen LogP contribution in [-0.4, -0.2) is 18.3 Å². The molecule has 0 aliphatic heterocycles. The number of nitrogens with zero attached hydrogens (tertiary/aromatic N) is 2. The van der Waals surface area contributed by atoms with E-state index in [0.29, 0.717) is 5.56 Å². The second-order valence-corrected chi connectivity index (χ2v) is 4.28. The van der Waals surface area contributed by atoms with E-state index in [0.717, 1.165) is 19.3 Å². The highest BCUT2D eigenvalue weighted by Gasteiger charge is 2.39. The second kappa shape index (κ2) is 4.52. The van der Waals surface area contributed by atoms with Crippen LogP contribution in [0.1, 0.15) is 30.4 Å². The van der Waals surface area contributed by atoms with Gasteiger partial charge in [0.15, 0.2) is 11.5 Å². The second-order valence-electron chi connectivity index (χ2n) is 4.28. The molecule has 0 saturated heterocycles. The summed E-state index contributed by atoms with van der Waals surface area (Å²) < 4.78 is 4.97. The van der Waals surface area contributed by atoms with Crippen LogP contribution >= 0.6 is 0 Å². The summed E-state index contributed by atoms with van der Waals surface area (Å²) in [7, 11) is 1.39. The molecule has 0 spiro atoms. The largest absolute Gasteiger partial charge is 0.504 e. The van der Waals surface area contributed by atoms with Gasteiger partial charge in [-0.1, -0.05) is 0 Å². The van der Waals surface area contributed by atoms with Gasteiger partial charge >= 0.3 is 0 Å². The zero-order valence-corrected chi connectivity index (χ0v) is 9.93. The van der Waals surface area contributed by atoms with Crippen LogP contribution in [0.25, 0.3) is 0 Å². The third-order valence-corrected chi connectivity index (χ3v) is 3.37. The van der Waals surface area contributed by atoms with Crippen molar-refractivity contribution in [3.05, 3.63) is 23.3 Å². The summed E-state index contributed by atoms with van der Waals surface area (Å²) in [6, 6.07) is 5.07. The summed E-state index contributed by atoms with van der Waals surface area (Å²) in [5, 5.41) is 18.9. The molecular weight excluding hydrogens is 232 g/mol. The SMILES string of the molecule is COc1c(O)cc(C2(N=C=O)CCC2)cc1C#N. The van der Waals surface area contributed by atoms with Crippen molar-refractivity contribution in [3.8, 4) is 17.6 Å². The fourth-order valence-electron chi connectivity index (χ4n) is 2.24. The predicted octanol–water partition coefficient (Wildman–Crippen LogP) is 1.99. The molecule has 1 aliphatic rings. The molecule has 0 amide bonds. The Morgan fingerprint density at radius 1 is 1.50 bits per heavy atom. The van der Waals surface area contributed by atoms with E-state index in [1.165, 1.54) is 13.2 Å². The molecule has 1 N–H and O–H groups in total. The third kappa shape index (κ3) is 1.73. The smallest absolute Gasteiger partial charge is 0.235 e. The Hall–Kier alpha value is -2.31. The normalized spacial score (nSPS) is 16.0. The Morgan fingerprint density at radius 3 is 2.67 bits per heavy atom. The Kier molecular flexibility index (Phi) is 3.05. The summed E-state index contributed by atoms with van der Waals surface area (Å²) in [5.41, 5.74) is 0.267. The minimum atomic E-state index is -0.628. The van der Waals surface area contributed by atoms with Crippen LogP contribution in [-0.2, 0) is 10.3 Å². The van der Waals surface area contributed by atoms with Gasteiger partial charge in [0, 0.05) is 0 Å². The molecule has 92 valence electrons. The molecule has 0 radical (unpaired) electrons. The van der Waals surface area contributed by atoms with Crippen molar-refractivity contribution in [2.75, 3.05) is 7.11 Å². The lowest BCUT2D eigenvalue weighted by molar-refractivity contribution is 0.254. The monoisotopic (exact) mass is 244 g/mol. The molecule has 1 fully saturated rings. The molecule has 0 unspecified atom stereocenters. The van der Waals surface area contributed by atoms with Crippen LogP contribution in [0.4, 0.5) is 0 Å². The van der Waals surface area contributed by atoms with Crippen LogP contribution in [0.15, 0.2) is 17.1 Å². The first-order valence-corrected chi connectivity index (χ1v) is 5.57. The van der Waals surface area contributed by atoms with Crippen LogP contribution in [0, 0.1) is 11.3 Å². The van der Waals surface area contributed by atoms with Gasteiger partial charge in [0.25, 0.3) is 0 Å². The Bertz CT molecular complexity index is 564. The minimum Gasteiger partial charge on any atom is -0.504 e. The van der Waals surface area contributed by atoms with Crippen LogP contribution < -0.4 is 4.74 Å². The topological polar surface area (TPSA) is 82.7 Å². The molecule has 2 rings (SSSR count). The van der Waals surface area contributed by atoms with Gasteiger partial charge in [0.1, 0.15) is 6.07 Å². The van der Waals surface area contributed by atoms with E-state index in [1.54, 1.807) is 12.1 Å². The van der Waals surface area contributed by atoms with E-state index < -0.39 is 5.54 Å². The zero-order valence-electron chi connectivity index (χ0n) is 9.93. The molecule has 5 heteroatoms. The number of carbonyl (C=O) groups excluding carboxylic acids is 1.